The van der Waals surface area contributed by atoms with E-state index in [1.807, 2.05) is 30.3 Å². The number of hydrogen-bond donors (Lipinski definition) is 2. The maximum absolute atomic E-state index is 13.2. The maximum Gasteiger partial charge on any atom is 0.261 e. The van der Waals surface area contributed by atoms with E-state index in [2.05, 4.69) is 27.1 Å². The first kappa shape index (κ1) is 25.8. The van der Waals surface area contributed by atoms with Crippen LogP contribution in [0.3, 0.4) is 0 Å². The first-order valence-corrected chi connectivity index (χ1v) is 13.6. The highest BCUT2D eigenvalue weighted by atomic mass is 35.5. The third kappa shape index (κ3) is 6.17. The normalized spacial score (nSPS) is 18.9. The fourth-order valence-electron chi connectivity index (χ4n) is 5.02. The number of aromatic nitrogens is 2. The van der Waals surface area contributed by atoms with Crippen molar-refractivity contribution in [3.63, 3.8) is 0 Å². The summed E-state index contributed by atoms with van der Waals surface area (Å²) in [6, 6.07) is 11.7. The van der Waals surface area contributed by atoms with E-state index >= 15 is 0 Å². The van der Waals surface area contributed by atoms with Crippen LogP contribution in [0.4, 0.5) is 5.69 Å². The Morgan fingerprint density at radius 1 is 1.22 bits per heavy atom. The quantitative estimate of drug-likeness (QED) is 0.259. The number of fused-ring (bicyclic) bond motifs is 1. The molecule has 0 radical (unpaired) electrons. The highest BCUT2D eigenvalue weighted by molar-refractivity contribution is 6.35. The van der Waals surface area contributed by atoms with Crippen LogP contribution in [0.25, 0.3) is 10.9 Å². The fraction of sp³-hybridized carbons (Fsp3) is 0.393. The topological polar surface area (TPSA) is 74.5 Å². The van der Waals surface area contributed by atoms with E-state index in [1.165, 1.54) is 12.8 Å². The molecule has 1 aromatic heterocycles. The number of aliphatic imine (C=N–C) groups is 1. The van der Waals surface area contributed by atoms with Crippen LogP contribution in [-0.2, 0) is 13.0 Å². The van der Waals surface area contributed by atoms with Crippen LogP contribution in [0, 0.1) is 0 Å². The monoisotopic (exact) mass is 538 g/mol. The minimum absolute atomic E-state index is 0.0718. The average Bonchev–Trinajstić information content (AvgIpc) is 3.42. The molecule has 0 amide bonds. The Bertz CT molecular complexity index is 1360. The summed E-state index contributed by atoms with van der Waals surface area (Å²) in [7, 11) is 0. The largest absolute Gasteiger partial charge is 0.340 e. The summed E-state index contributed by atoms with van der Waals surface area (Å²) in [6.07, 6.45) is 8.88. The lowest BCUT2D eigenvalue weighted by atomic mass is 10.1. The number of nitrogens with zero attached hydrogens (tertiary/aromatic N) is 4. The van der Waals surface area contributed by atoms with Crippen LogP contribution in [-0.4, -0.2) is 52.1 Å². The van der Waals surface area contributed by atoms with Crippen LogP contribution in [0.1, 0.15) is 31.2 Å². The second-order valence-electron chi connectivity index (χ2n) is 9.72. The molecule has 7 nitrogen and oxygen atoms in total. The number of aryl methyl sites for hydroxylation is 2. The van der Waals surface area contributed by atoms with Crippen molar-refractivity contribution in [2.45, 2.75) is 50.7 Å². The Labute approximate surface area is 227 Å². The highest BCUT2D eigenvalue weighted by Crippen LogP contribution is 2.23. The van der Waals surface area contributed by atoms with E-state index in [1.54, 1.807) is 23.0 Å². The lowest BCUT2D eigenvalue weighted by Gasteiger charge is -2.35. The van der Waals surface area contributed by atoms with Crippen molar-refractivity contribution < 1.29 is 0 Å². The van der Waals surface area contributed by atoms with Crippen LogP contribution in [0.5, 0.6) is 0 Å². The van der Waals surface area contributed by atoms with Gasteiger partial charge in [0.2, 0.25) is 0 Å². The van der Waals surface area contributed by atoms with Crippen molar-refractivity contribution >= 4 is 45.8 Å². The summed E-state index contributed by atoms with van der Waals surface area (Å²) in [5.74, 6) is 0.882. The molecule has 2 aromatic carbocycles. The van der Waals surface area contributed by atoms with Crippen molar-refractivity contribution in [1.29, 1.82) is 0 Å². The van der Waals surface area contributed by atoms with Gasteiger partial charge in [0, 0.05) is 48.0 Å². The predicted octanol–water partition coefficient (Wildman–Crippen LogP) is 5.12. The molecule has 2 N–H and O–H groups in total. The minimum Gasteiger partial charge on any atom is -0.340 e. The lowest BCUT2D eigenvalue weighted by molar-refractivity contribution is 0.318. The molecule has 2 heterocycles. The van der Waals surface area contributed by atoms with Crippen molar-refractivity contribution in [2.75, 3.05) is 25.0 Å². The Hall–Kier alpha value is -2.87. The van der Waals surface area contributed by atoms with Gasteiger partial charge in [-0.1, -0.05) is 48.2 Å². The molecule has 9 heteroatoms. The minimum atomic E-state index is -0.0718. The first-order valence-electron chi connectivity index (χ1n) is 12.9. The van der Waals surface area contributed by atoms with Gasteiger partial charge in [0.05, 0.1) is 23.3 Å². The van der Waals surface area contributed by atoms with Gasteiger partial charge in [-0.15, -0.1) is 6.58 Å². The van der Waals surface area contributed by atoms with Crippen molar-refractivity contribution in [1.82, 2.24) is 19.8 Å². The van der Waals surface area contributed by atoms with E-state index in [9.17, 15) is 4.79 Å². The molecule has 0 bridgehead atoms. The second-order valence-corrected chi connectivity index (χ2v) is 10.6. The number of nitrogens with one attached hydrogen (secondary N) is 2. The molecule has 1 saturated carbocycles. The number of halogens is 2. The molecule has 0 spiro atoms. The van der Waals surface area contributed by atoms with Gasteiger partial charge in [-0.25, -0.2) is 9.98 Å². The highest BCUT2D eigenvalue weighted by Gasteiger charge is 2.23. The van der Waals surface area contributed by atoms with E-state index in [4.69, 9.17) is 28.2 Å². The average molecular weight is 540 g/mol. The number of rotatable bonds is 6. The second kappa shape index (κ2) is 11.7. The van der Waals surface area contributed by atoms with Crippen molar-refractivity contribution in [3.05, 3.63) is 81.3 Å². The molecule has 37 heavy (non-hydrogen) atoms. The molecule has 1 aliphatic heterocycles. The number of hydrogen-bond acceptors (Lipinski definition) is 4. The Morgan fingerprint density at radius 2 is 2.05 bits per heavy atom. The summed E-state index contributed by atoms with van der Waals surface area (Å²) < 4.78 is 1.63. The standard InChI is InChI=1S/C28H32Cl2N6O/c1-2-21-17-35(14-12-31-21)28(33-22-5-3-4-6-22)34-23-9-10-24-26(16-23)32-18-36(27(24)37)13-11-19-7-8-20(29)15-25(19)30/h2,7-10,15-16,18,21-22,31H,1,3-6,11-14,17H2,(H,33,34)/t21-/m0/s1. The molecule has 3 aromatic rings. The smallest absolute Gasteiger partial charge is 0.261 e. The summed E-state index contributed by atoms with van der Waals surface area (Å²) in [5, 5.41) is 8.79. The molecule has 1 atom stereocenters. The summed E-state index contributed by atoms with van der Waals surface area (Å²) >= 11 is 12.3. The van der Waals surface area contributed by atoms with Gasteiger partial charge in [-0.3, -0.25) is 9.36 Å². The zero-order chi connectivity index (χ0) is 25.8. The number of benzene rings is 2. The van der Waals surface area contributed by atoms with Crippen molar-refractivity contribution in [2.24, 2.45) is 4.99 Å². The van der Waals surface area contributed by atoms with E-state index < -0.39 is 0 Å². The van der Waals surface area contributed by atoms with Gasteiger partial charge in [0.1, 0.15) is 0 Å². The zero-order valence-electron chi connectivity index (χ0n) is 20.8. The molecule has 194 valence electrons. The fourth-order valence-corrected chi connectivity index (χ4v) is 5.52. The lowest BCUT2D eigenvalue weighted by Crippen LogP contribution is -2.53. The van der Waals surface area contributed by atoms with Gasteiger partial charge in [-0.2, -0.15) is 0 Å². The molecule has 0 unspecified atom stereocenters. The predicted molar refractivity (Wildman–Crippen MR) is 153 cm³/mol. The summed E-state index contributed by atoms with van der Waals surface area (Å²) in [5.41, 5.74) is 2.39. The first-order chi connectivity index (χ1) is 18.0. The Kier molecular flexibility index (Phi) is 8.13. The maximum atomic E-state index is 13.2. The molecule has 1 saturated heterocycles. The van der Waals surface area contributed by atoms with Crippen LogP contribution in [0.15, 0.2) is 65.2 Å². The third-order valence-electron chi connectivity index (χ3n) is 7.14. The molecule has 1 aliphatic carbocycles. The summed E-state index contributed by atoms with van der Waals surface area (Å²) in [6.45, 7) is 7.00. The van der Waals surface area contributed by atoms with Gasteiger partial charge in [0.25, 0.3) is 5.56 Å². The van der Waals surface area contributed by atoms with Crippen molar-refractivity contribution in [3.8, 4) is 0 Å². The van der Waals surface area contributed by atoms with Gasteiger partial charge < -0.3 is 15.5 Å². The number of anilines is 1. The number of guanidine groups is 1. The molecule has 5 rings (SSSR count). The molecule has 2 aliphatic rings. The molecular formula is C28H32Cl2N6O. The van der Waals surface area contributed by atoms with Crippen LogP contribution < -0.4 is 16.2 Å². The third-order valence-corrected chi connectivity index (χ3v) is 7.72. The van der Waals surface area contributed by atoms with E-state index in [0.717, 1.165) is 49.7 Å². The van der Waals surface area contributed by atoms with E-state index in [-0.39, 0.29) is 11.6 Å². The van der Waals surface area contributed by atoms with Gasteiger partial charge in [0.15, 0.2) is 5.96 Å². The summed E-state index contributed by atoms with van der Waals surface area (Å²) in [4.78, 5) is 25.2. The zero-order valence-corrected chi connectivity index (χ0v) is 22.3. The Balaban J connectivity index is 1.36. The Morgan fingerprint density at radius 3 is 2.84 bits per heavy atom. The SMILES string of the molecule is C=C[C@H]1CN(C(=NC2CCCC2)Nc2ccc3c(=O)n(CCc4ccc(Cl)cc4Cl)cnc3c2)CCN1. The van der Waals surface area contributed by atoms with E-state index in [0.29, 0.717) is 40.0 Å². The molecule has 2 fully saturated rings. The van der Waals surface area contributed by atoms with Gasteiger partial charge >= 0.3 is 0 Å². The number of piperazine rings is 1. The van der Waals surface area contributed by atoms with Crippen LogP contribution >= 0.6 is 23.2 Å². The van der Waals surface area contributed by atoms with Gasteiger partial charge in [-0.05, 0) is 55.2 Å². The molecular weight excluding hydrogens is 507 g/mol. The van der Waals surface area contributed by atoms with Crippen LogP contribution in [0.2, 0.25) is 10.0 Å².